The third-order valence-corrected chi connectivity index (χ3v) is 1.86. The zero-order chi connectivity index (χ0) is 7.40. The van der Waals surface area contributed by atoms with Gasteiger partial charge in [-0.25, -0.2) is 0 Å². The average molecular weight is 138 g/mol. The lowest BCUT2D eigenvalue weighted by Gasteiger charge is -2.13. The number of methoxy groups -OCH3 is 1. The first kappa shape index (κ1) is 7.55. The predicted molar refractivity (Wildman–Crippen MR) is 42.8 cm³/mol. The average Bonchev–Trinajstić information content (AvgIpc) is 2.38. The zero-order valence-corrected chi connectivity index (χ0v) is 6.58. The molecule has 0 fully saturated rings. The predicted octanol–water partition coefficient (Wildman–Crippen LogP) is 2.01. The molecule has 56 valence electrons. The summed E-state index contributed by atoms with van der Waals surface area (Å²) in [7, 11) is 1.75. The van der Waals surface area contributed by atoms with Crippen molar-refractivity contribution in [3.05, 3.63) is 24.3 Å². The Hall–Kier alpha value is -0.560. The monoisotopic (exact) mass is 138 g/mol. The molecule has 0 spiro atoms. The van der Waals surface area contributed by atoms with E-state index in [0.29, 0.717) is 11.8 Å². The lowest BCUT2D eigenvalue weighted by molar-refractivity contribution is 0.149. The third-order valence-electron chi connectivity index (χ3n) is 1.86. The fourth-order valence-electron chi connectivity index (χ4n) is 1.20. The summed E-state index contributed by atoms with van der Waals surface area (Å²) in [5.41, 5.74) is 0. The maximum Gasteiger partial charge on any atom is 0.0496 e. The molecule has 1 heteroatoms. The molecule has 1 aliphatic carbocycles. The van der Waals surface area contributed by atoms with E-state index in [9.17, 15) is 0 Å². The van der Waals surface area contributed by atoms with E-state index < -0.39 is 0 Å². The molecule has 1 aliphatic rings. The van der Waals surface area contributed by atoms with Crippen molar-refractivity contribution < 1.29 is 4.74 Å². The van der Waals surface area contributed by atoms with Crippen molar-refractivity contribution in [3.63, 3.8) is 0 Å². The highest BCUT2D eigenvalue weighted by molar-refractivity contribution is 5.18. The van der Waals surface area contributed by atoms with Gasteiger partial charge >= 0.3 is 0 Å². The summed E-state index contributed by atoms with van der Waals surface area (Å²) in [5, 5.41) is 0. The minimum Gasteiger partial charge on any atom is -0.384 e. The standard InChI is InChI=1S/C9H14O/c1-8(7-10-2)9-5-3-4-6-9/h3-6,8-9H,7H2,1-2H3/t8-/m0/s1. The molecule has 0 radical (unpaired) electrons. The minimum absolute atomic E-state index is 0.597. The van der Waals surface area contributed by atoms with Gasteiger partial charge in [0.1, 0.15) is 0 Å². The second-order valence-electron chi connectivity index (χ2n) is 2.78. The fraction of sp³-hybridized carbons (Fsp3) is 0.556. The Bertz CT molecular complexity index is 135. The molecule has 1 rings (SSSR count). The van der Waals surface area contributed by atoms with E-state index in [4.69, 9.17) is 4.74 Å². The van der Waals surface area contributed by atoms with Crippen LogP contribution in [0.5, 0.6) is 0 Å². The molecule has 0 bridgehead atoms. The van der Waals surface area contributed by atoms with Crippen molar-refractivity contribution in [2.45, 2.75) is 6.92 Å². The van der Waals surface area contributed by atoms with Crippen LogP contribution in [0.25, 0.3) is 0 Å². The van der Waals surface area contributed by atoms with Crippen LogP contribution in [0.3, 0.4) is 0 Å². The molecule has 1 nitrogen and oxygen atoms in total. The molecule has 0 N–H and O–H groups in total. The molecule has 0 aromatic heterocycles. The number of rotatable bonds is 3. The smallest absolute Gasteiger partial charge is 0.0496 e. The Labute approximate surface area is 62.4 Å². The van der Waals surface area contributed by atoms with Gasteiger partial charge in [-0.05, 0) is 5.92 Å². The van der Waals surface area contributed by atoms with Gasteiger partial charge in [-0.2, -0.15) is 0 Å². The molecule has 0 unspecified atom stereocenters. The minimum atomic E-state index is 0.597. The van der Waals surface area contributed by atoms with E-state index in [-0.39, 0.29) is 0 Å². The summed E-state index contributed by atoms with van der Waals surface area (Å²) >= 11 is 0. The van der Waals surface area contributed by atoms with Crippen molar-refractivity contribution in [2.24, 2.45) is 11.8 Å². The van der Waals surface area contributed by atoms with Crippen LogP contribution in [-0.4, -0.2) is 13.7 Å². The summed E-state index contributed by atoms with van der Waals surface area (Å²) in [6, 6.07) is 0. The Morgan fingerprint density at radius 1 is 1.40 bits per heavy atom. The lowest BCUT2D eigenvalue weighted by Crippen LogP contribution is -2.11. The van der Waals surface area contributed by atoms with Crippen molar-refractivity contribution in [2.75, 3.05) is 13.7 Å². The summed E-state index contributed by atoms with van der Waals surface area (Å²) < 4.78 is 5.05. The highest BCUT2D eigenvalue weighted by Gasteiger charge is 2.12. The topological polar surface area (TPSA) is 9.23 Å². The van der Waals surface area contributed by atoms with Gasteiger partial charge in [-0.3, -0.25) is 0 Å². The summed E-state index contributed by atoms with van der Waals surface area (Å²) in [6.45, 7) is 3.05. The molecule has 0 aromatic carbocycles. The number of hydrogen-bond donors (Lipinski definition) is 0. The molecule has 0 heterocycles. The molecule has 0 aliphatic heterocycles. The molecule has 0 aromatic rings. The Morgan fingerprint density at radius 2 is 2.00 bits per heavy atom. The number of ether oxygens (including phenoxy) is 1. The zero-order valence-electron chi connectivity index (χ0n) is 6.58. The first-order valence-corrected chi connectivity index (χ1v) is 3.68. The number of hydrogen-bond acceptors (Lipinski definition) is 1. The molecule has 1 atom stereocenters. The van der Waals surface area contributed by atoms with Gasteiger partial charge in [0.2, 0.25) is 0 Å². The Balaban J connectivity index is 2.33. The van der Waals surface area contributed by atoms with E-state index in [2.05, 4.69) is 31.2 Å². The maximum atomic E-state index is 5.05. The first-order valence-electron chi connectivity index (χ1n) is 3.68. The van der Waals surface area contributed by atoms with Gasteiger partial charge in [0, 0.05) is 19.6 Å². The quantitative estimate of drug-likeness (QED) is 0.579. The second-order valence-corrected chi connectivity index (χ2v) is 2.78. The van der Waals surface area contributed by atoms with Crippen molar-refractivity contribution in [3.8, 4) is 0 Å². The summed E-state index contributed by atoms with van der Waals surface area (Å²) in [6.07, 6.45) is 8.61. The van der Waals surface area contributed by atoms with Crippen molar-refractivity contribution >= 4 is 0 Å². The van der Waals surface area contributed by atoms with Crippen molar-refractivity contribution in [1.29, 1.82) is 0 Å². The van der Waals surface area contributed by atoms with Gasteiger partial charge < -0.3 is 4.74 Å². The third kappa shape index (κ3) is 1.71. The highest BCUT2D eigenvalue weighted by atomic mass is 16.5. The van der Waals surface area contributed by atoms with Gasteiger partial charge in [0.15, 0.2) is 0 Å². The van der Waals surface area contributed by atoms with E-state index in [1.54, 1.807) is 7.11 Å². The van der Waals surface area contributed by atoms with Crippen LogP contribution in [0.15, 0.2) is 24.3 Å². The maximum absolute atomic E-state index is 5.05. The van der Waals surface area contributed by atoms with Crippen LogP contribution in [0, 0.1) is 11.8 Å². The number of allylic oxidation sites excluding steroid dienone is 4. The van der Waals surface area contributed by atoms with E-state index in [0.717, 1.165) is 6.61 Å². The van der Waals surface area contributed by atoms with Gasteiger partial charge in [0.05, 0.1) is 0 Å². The van der Waals surface area contributed by atoms with Crippen LogP contribution >= 0.6 is 0 Å². The lowest BCUT2D eigenvalue weighted by atomic mass is 9.97. The van der Waals surface area contributed by atoms with E-state index in [1.807, 2.05) is 0 Å². The normalized spacial score (nSPS) is 20.2. The summed E-state index contributed by atoms with van der Waals surface area (Å²) in [5.74, 6) is 1.21. The van der Waals surface area contributed by atoms with Gasteiger partial charge in [-0.1, -0.05) is 31.2 Å². The van der Waals surface area contributed by atoms with Crippen LogP contribution in [0.4, 0.5) is 0 Å². The van der Waals surface area contributed by atoms with Crippen LogP contribution in [-0.2, 0) is 4.74 Å². The van der Waals surface area contributed by atoms with Crippen LogP contribution < -0.4 is 0 Å². The molecule has 0 saturated heterocycles. The molecule has 0 amide bonds. The molecule has 10 heavy (non-hydrogen) atoms. The van der Waals surface area contributed by atoms with E-state index in [1.165, 1.54) is 0 Å². The molecule has 0 saturated carbocycles. The fourth-order valence-corrected chi connectivity index (χ4v) is 1.20. The second kappa shape index (κ2) is 3.57. The molecular weight excluding hydrogens is 124 g/mol. The largest absolute Gasteiger partial charge is 0.384 e. The first-order chi connectivity index (χ1) is 4.84. The highest BCUT2D eigenvalue weighted by Crippen LogP contribution is 2.18. The molecular formula is C9H14O. The van der Waals surface area contributed by atoms with Gasteiger partial charge in [0.25, 0.3) is 0 Å². The summed E-state index contributed by atoms with van der Waals surface area (Å²) in [4.78, 5) is 0. The van der Waals surface area contributed by atoms with Gasteiger partial charge in [-0.15, -0.1) is 0 Å². The SMILES string of the molecule is COC[C@H](C)C1C=CC=C1. The van der Waals surface area contributed by atoms with Crippen LogP contribution in [0.2, 0.25) is 0 Å². The van der Waals surface area contributed by atoms with E-state index >= 15 is 0 Å². The Morgan fingerprint density at radius 3 is 2.50 bits per heavy atom. The van der Waals surface area contributed by atoms with Crippen LogP contribution in [0.1, 0.15) is 6.92 Å². The van der Waals surface area contributed by atoms with Crippen molar-refractivity contribution in [1.82, 2.24) is 0 Å². The Kier molecular flexibility index (Phi) is 2.69.